The van der Waals surface area contributed by atoms with Crippen molar-refractivity contribution in [1.29, 1.82) is 0 Å². The van der Waals surface area contributed by atoms with Crippen molar-refractivity contribution in [3.63, 3.8) is 0 Å². The van der Waals surface area contributed by atoms with E-state index in [1.54, 1.807) is 24.3 Å². The van der Waals surface area contributed by atoms with E-state index in [1.807, 2.05) is 0 Å². The van der Waals surface area contributed by atoms with Crippen LogP contribution in [-0.4, -0.2) is 21.5 Å². The molecule has 2 aromatic carbocycles. The van der Waals surface area contributed by atoms with Crippen LogP contribution in [0.5, 0.6) is 0 Å². The molecule has 3 rings (SSSR count). The van der Waals surface area contributed by atoms with Crippen LogP contribution < -0.4 is 0 Å². The summed E-state index contributed by atoms with van der Waals surface area (Å²) in [6.07, 6.45) is -3.64. The van der Waals surface area contributed by atoms with E-state index in [-0.39, 0.29) is 0 Å². The van der Waals surface area contributed by atoms with Gasteiger partial charge in [-0.25, -0.2) is 0 Å². The van der Waals surface area contributed by atoms with Crippen LogP contribution in [0, 0.1) is 0 Å². The fraction of sp³-hybridized carbons (Fsp3) is 0.0625. The van der Waals surface area contributed by atoms with Crippen molar-refractivity contribution in [3.05, 3.63) is 59.7 Å². The highest BCUT2D eigenvalue weighted by atomic mass is 19.4. The number of rotatable bonds is 3. The molecule has 0 aliphatic heterocycles. The highest BCUT2D eigenvalue weighted by Gasteiger charge is 2.30. The third-order valence-corrected chi connectivity index (χ3v) is 3.29. The summed E-state index contributed by atoms with van der Waals surface area (Å²) in [5.41, 5.74) is 1.05. The smallest absolute Gasteiger partial charge is 0.321 e. The average molecular weight is 317 g/mol. The Labute approximate surface area is 129 Å². The first-order valence-electron chi connectivity index (χ1n) is 6.63. The van der Waals surface area contributed by atoms with Gasteiger partial charge in [0, 0.05) is 16.7 Å². The van der Waals surface area contributed by atoms with Gasteiger partial charge in [0.1, 0.15) is 6.29 Å². The highest BCUT2D eigenvalue weighted by molar-refractivity contribution is 5.76. The lowest BCUT2D eigenvalue weighted by Gasteiger charge is -2.06. The van der Waals surface area contributed by atoms with Crippen LogP contribution in [-0.2, 0) is 6.18 Å². The first-order valence-corrected chi connectivity index (χ1v) is 6.63. The number of halogens is 3. The Morgan fingerprint density at radius 2 is 1.30 bits per heavy atom. The minimum atomic E-state index is -4.37. The minimum absolute atomic E-state index is 0.369. The molecule has 0 amide bonds. The second-order valence-corrected chi connectivity index (χ2v) is 4.84. The third kappa shape index (κ3) is 3.13. The largest absolute Gasteiger partial charge is 0.416 e. The van der Waals surface area contributed by atoms with Crippen molar-refractivity contribution >= 4 is 6.29 Å². The summed E-state index contributed by atoms with van der Waals surface area (Å²) in [5, 5.41) is 7.91. The predicted octanol–water partition coefficient (Wildman–Crippen LogP) is 3.97. The zero-order chi connectivity index (χ0) is 16.4. The lowest BCUT2D eigenvalue weighted by molar-refractivity contribution is -0.137. The van der Waals surface area contributed by atoms with E-state index >= 15 is 0 Å². The summed E-state index contributed by atoms with van der Waals surface area (Å²) >= 11 is 0. The maximum absolute atomic E-state index is 12.5. The van der Waals surface area contributed by atoms with Crippen LogP contribution in [0.2, 0.25) is 0 Å². The molecule has 4 nitrogen and oxygen atoms in total. The standard InChI is InChI=1S/C16H10F3N3O/c17-16(18,19)13-7-5-12(6-8-13)15-20-14(21-22-15)11-3-1-10(9-23)2-4-11/h1-9H,(H,20,21,22). The molecule has 0 saturated heterocycles. The lowest BCUT2D eigenvalue weighted by Crippen LogP contribution is -2.04. The highest BCUT2D eigenvalue weighted by Crippen LogP contribution is 2.30. The van der Waals surface area contributed by atoms with E-state index in [2.05, 4.69) is 15.2 Å². The molecule has 7 heteroatoms. The van der Waals surface area contributed by atoms with Crippen LogP contribution in [0.15, 0.2) is 48.5 Å². The molecule has 0 atom stereocenters. The van der Waals surface area contributed by atoms with Crippen molar-refractivity contribution in [3.8, 4) is 22.8 Å². The van der Waals surface area contributed by atoms with E-state index < -0.39 is 11.7 Å². The van der Waals surface area contributed by atoms with Gasteiger partial charge in [-0.3, -0.25) is 4.79 Å². The number of alkyl halides is 3. The van der Waals surface area contributed by atoms with E-state index in [9.17, 15) is 18.0 Å². The SMILES string of the molecule is O=Cc1ccc(-c2nnc(-c3ccc(C(F)(F)F)cc3)[nH]2)cc1. The minimum Gasteiger partial charge on any atom is -0.321 e. The van der Waals surface area contributed by atoms with Gasteiger partial charge in [0.2, 0.25) is 0 Å². The molecular weight excluding hydrogens is 307 g/mol. The number of carbonyl (C=O) groups excluding carboxylic acids is 1. The molecule has 0 bridgehead atoms. The fourth-order valence-corrected chi connectivity index (χ4v) is 2.06. The lowest BCUT2D eigenvalue weighted by atomic mass is 10.1. The summed E-state index contributed by atoms with van der Waals surface area (Å²) in [7, 11) is 0. The van der Waals surface area contributed by atoms with Crippen LogP contribution in [0.4, 0.5) is 13.2 Å². The molecule has 1 N–H and O–H groups in total. The first-order chi connectivity index (χ1) is 11.0. The quantitative estimate of drug-likeness (QED) is 0.744. The van der Waals surface area contributed by atoms with Crippen molar-refractivity contribution in [1.82, 2.24) is 15.2 Å². The number of aldehydes is 1. The Morgan fingerprint density at radius 3 is 1.74 bits per heavy atom. The van der Waals surface area contributed by atoms with Crippen molar-refractivity contribution in [2.75, 3.05) is 0 Å². The van der Waals surface area contributed by atoms with Gasteiger partial charge in [-0.2, -0.15) is 13.2 Å². The zero-order valence-corrected chi connectivity index (χ0v) is 11.6. The molecule has 116 valence electrons. The molecule has 3 aromatic rings. The predicted molar refractivity (Wildman–Crippen MR) is 77.6 cm³/mol. The summed E-state index contributed by atoms with van der Waals surface area (Å²) in [6, 6.07) is 11.4. The molecule has 0 fully saturated rings. The summed E-state index contributed by atoms with van der Waals surface area (Å²) in [5.74, 6) is 0.838. The van der Waals surface area contributed by atoms with E-state index in [0.717, 1.165) is 24.0 Å². The number of H-pyrrole nitrogens is 1. The Hall–Kier alpha value is -2.96. The molecule has 1 aromatic heterocycles. The van der Waals surface area contributed by atoms with Crippen molar-refractivity contribution in [2.45, 2.75) is 6.18 Å². The van der Waals surface area contributed by atoms with Gasteiger partial charge < -0.3 is 4.98 Å². The third-order valence-electron chi connectivity index (χ3n) is 3.29. The number of benzene rings is 2. The molecule has 0 aliphatic rings. The summed E-state index contributed by atoms with van der Waals surface area (Å²) < 4.78 is 37.6. The first kappa shape index (κ1) is 15.0. The van der Waals surface area contributed by atoms with Gasteiger partial charge in [0.25, 0.3) is 0 Å². The molecular formula is C16H10F3N3O. The average Bonchev–Trinajstić information content (AvgIpc) is 3.04. The molecule has 0 radical (unpaired) electrons. The van der Waals surface area contributed by atoms with E-state index in [4.69, 9.17) is 0 Å². The molecule has 0 aliphatic carbocycles. The number of hydrogen-bond donors (Lipinski definition) is 1. The maximum Gasteiger partial charge on any atom is 0.416 e. The number of hydrogen-bond acceptors (Lipinski definition) is 3. The van der Waals surface area contributed by atoms with Crippen molar-refractivity contribution < 1.29 is 18.0 Å². The second kappa shape index (κ2) is 5.68. The van der Waals surface area contributed by atoms with Crippen LogP contribution in [0.1, 0.15) is 15.9 Å². The molecule has 23 heavy (non-hydrogen) atoms. The van der Waals surface area contributed by atoms with E-state index in [1.165, 1.54) is 12.1 Å². The number of nitrogens with one attached hydrogen (secondary N) is 1. The van der Waals surface area contributed by atoms with Crippen LogP contribution in [0.3, 0.4) is 0 Å². The topological polar surface area (TPSA) is 58.6 Å². The Balaban J connectivity index is 1.87. The normalized spacial score (nSPS) is 11.4. The molecule has 0 unspecified atom stereocenters. The summed E-state index contributed by atoms with van der Waals surface area (Å²) in [4.78, 5) is 13.6. The van der Waals surface area contributed by atoms with E-state index in [0.29, 0.717) is 22.8 Å². The number of aromatic amines is 1. The van der Waals surface area contributed by atoms with Gasteiger partial charge in [-0.15, -0.1) is 10.2 Å². The van der Waals surface area contributed by atoms with Gasteiger partial charge in [0.05, 0.1) is 5.56 Å². The maximum atomic E-state index is 12.5. The van der Waals surface area contributed by atoms with Gasteiger partial charge in [-0.05, 0) is 12.1 Å². The fourth-order valence-electron chi connectivity index (χ4n) is 2.06. The van der Waals surface area contributed by atoms with Gasteiger partial charge in [-0.1, -0.05) is 36.4 Å². The van der Waals surface area contributed by atoms with Crippen LogP contribution >= 0.6 is 0 Å². The Morgan fingerprint density at radius 1 is 0.826 bits per heavy atom. The molecule has 1 heterocycles. The van der Waals surface area contributed by atoms with Gasteiger partial charge in [0.15, 0.2) is 11.6 Å². The van der Waals surface area contributed by atoms with Gasteiger partial charge >= 0.3 is 6.18 Å². The summed E-state index contributed by atoms with van der Waals surface area (Å²) in [6.45, 7) is 0. The van der Waals surface area contributed by atoms with Crippen molar-refractivity contribution in [2.24, 2.45) is 0 Å². The molecule has 0 spiro atoms. The Kier molecular flexibility index (Phi) is 3.69. The number of nitrogens with zero attached hydrogens (tertiary/aromatic N) is 2. The second-order valence-electron chi connectivity index (χ2n) is 4.84. The monoisotopic (exact) mass is 317 g/mol. The van der Waals surface area contributed by atoms with Crippen LogP contribution in [0.25, 0.3) is 22.8 Å². The molecule has 0 saturated carbocycles. The number of aromatic nitrogens is 3. The zero-order valence-electron chi connectivity index (χ0n) is 11.6. The number of carbonyl (C=O) groups is 1. The Bertz CT molecular complexity index is 821.